The van der Waals surface area contributed by atoms with E-state index < -0.39 is 12.0 Å². The van der Waals surface area contributed by atoms with Gasteiger partial charge in [-0.2, -0.15) is 0 Å². The van der Waals surface area contributed by atoms with Crippen molar-refractivity contribution in [2.75, 3.05) is 0 Å². The summed E-state index contributed by atoms with van der Waals surface area (Å²) < 4.78 is 1.92. The highest BCUT2D eigenvalue weighted by atomic mass is 16.4. The summed E-state index contributed by atoms with van der Waals surface area (Å²) in [6.07, 6.45) is 2.05. The number of aliphatic carboxylic acids is 1. The summed E-state index contributed by atoms with van der Waals surface area (Å²) in [5.74, 6) is -1.24. The first-order chi connectivity index (χ1) is 9.56. The number of hydrogen-bond donors (Lipinski definition) is 3. The van der Waals surface area contributed by atoms with Crippen molar-refractivity contribution in [2.45, 2.75) is 25.6 Å². The number of carboxylic acid groups (broad SMARTS) is 1. The van der Waals surface area contributed by atoms with Crippen LogP contribution in [0.4, 0.5) is 0 Å². The molecule has 1 unspecified atom stereocenters. The van der Waals surface area contributed by atoms with E-state index in [1.165, 1.54) is 0 Å². The van der Waals surface area contributed by atoms with Crippen LogP contribution < -0.4 is 11.1 Å². The van der Waals surface area contributed by atoms with Gasteiger partial charge in [-0.15, -0.1) is 0 Å². The van der Waals surface area contributed by atoms with E-state index in [2.05, 4.69) is 5.32 Å². The van der Waals surface area contributed by atoms with Gasteiger partial charge in [0.1, 0.15) is 6.04 Å². The molecule has 1 aliphatic rings. The Balaban J connectivity index is 2.11. The number of amides is 1. The van der Waals surface area contributed by atoms with E-state index in [-0.39, 0.29) is 12.3 Å². The molecule has 6 nitrogen and oxygen atoms in total. The molecule has 1 atom stereocenters. The van der Waals surface area contributed by atoms with Crippen LogP contribution in [0.3, 0.4) is 0 Å². The number of nitrogens with zero attached hydrogens (tertiary/aromatic N) is 1. The van der Waals surface area contributed by atoms with E-state index in [0.29, 0.717) is 13.1 Å². The van der Waals surface area contributed by atoms with E-state index in [1.54, 1.807) is 0 Å². The summed E-state index contributed by atoms with van der Waals surface area (Å²) in [5.41, 5.74) is 8.16. The first-order valence-electron chi connectivity index (χ1n) is 6.40. The Morgan fingerprint density at radius 1 is 1.40 bits per heavy atom. The van der Waals surface area contributed by atoms with Crippen molar-refractivity contribution in [3.05, 3.63) is 35.5 Å². The first kappa shape index (κ1) is 12.7. The number of carbonyl (C=O) groups is 2. The molecule has 0 saturated heterocycles. The minimum Gasteiger partial charge on any atom is -0.480 e. The average Bonchev–Trinajstić information content (AvgIpc) is 2.70. The number of carbonyl (C=O) groups excluding carboxylic acids is 1. The van der Waals surface area contributed by atoms with Crippen LogP contribution in [0, 0.1) is 0 Å². The molecule has 2 aromatic rings. The predicted octanol–water partition coefficient (Wildman–Crippen LogP) is 0.225. The van der Waals surface area contributed by atoms with Crippen molar-refractivity contribution in [1.29, 1.82) is 0 Å². The summed E-state index contributed by atoms with van der Waals surface area (Å²) in [6, 6.07) is 5.11. The summed E-state index contributed by atoms with van der Waals surface area (Å²) in [4.78, 5) is 22.3. The smallest absolute Gasteiger partial charge is 0.322 e. The third-order valence-corrected chi connectivity index (χ3v) is 3.68. The Labute approximate surface area is 115 Å². The van der Waals surface area contributed by atoms with E-state index in [1.807, 2.05) is 29.0 Å². The van der Waals surface area contributed by atoms with Gasteiger partial charge in [0.05, 0.1) is 11.9 Å². The molecule has 0 bridgehead atoms. The van der Waals surface area contributed by atoms with Crippen LogP contribution in [-0.4, -0.2) is 27.6 Å². The van der Waals surface area contributed by atoms with Crippen molar-refractivity contribution in [3.8, 4) is 0 Å². The lowest BCUT2D eigenvalue weighted by atomic mass is 10.0. The lowest BCUT2D eigenvalue weighted by molar-refractivity contribution is -0.139. The second-order valence-electron chi connectivity index (χ2n) is 5.03. The summed E-state index contributed by atoms with van der Waals surface area (Å²) in [6.45, 7) is 0.861. The van der Waals surface area contributed by atoms with E-state index in [9.17, 15) is 14.7 Å². The van der Waals surface area contributed by atoms with Crippen LogP contribution in [-0.2, 0) is 29.1 Å². The monoisotopic (exact) mass is 273 g/mol. The third kappa shape index (κ3) is 2.04. The first-order valence-corrected chi connectivity index (χ1v) is 6.40. The zero-order valence-corrected chi connectivity index (χ0v) is 10.8. The minimum absolute atomic E-state index is 0.191. The average molecular weight is 273 g/mol. The Kier molecular flexibility index (Phi) is 2.94. The SMILES string of the molecule is NC(=O)Cc1ccc2c3c1ccn3CC(C(=O)O)NC2. The number of aromatic nitrogens is 1. The molecule has 3 rings (SSSR count). The molecule has 1 aliphatic heterocycles. The number of carboxylic acids is 1. The van der Waals surface area contributed by atoms with Gasteiger partial charge in [-0.1, -0.05) is 12.1 Å². The van der Waals surface area contributed by atoms with Gasteiger partial charge in [-0.05, 0) is 17.2 Å². The lowest BCUT2D eigenvalue weighted by Crippen LogP contribution is -2.38. The van der Waals surface area contributed by atoms with Crippen molar-refractivity contribution < 1.29 is 14.7 Å². The molecule has 0 saturated carbocycles. The van der Waals surface area contributed by atoms with Crippen LogP contribution in [0.15, 0.2) is 24.4 Å². The molecule has 104 valence electrons. The van der Waals surface area contributed by atoms with Crippen molar-refractivity contribution in [2.24, 2.45) is 5.73 Å². The number of primary amides is 1. The number of hydrogen-bond acceptors (Lipinski definition) is 3. The maximum atomic E-state index is 11.2. The van der Waals surface area contributed by atoms with Crippen molar-refractivity contribution in [1.82, 2.24) is 9.88 Å². The Morgan fingerprint density at radius 2 is 2.20 bits per heavy atom. The van der Waals surface area contributed by atoms with Crippen LogP contribution in [0.2, 0.25) is 0 Å². The maximum absolute atomic E-state index is 11.2. The van der Waals surface area contributed by atoms with E-state index in [4.69, 9.17) is 5.73 Å². The highest BCUT2D eigenvalue weighted by Gasteiger charge is 2.23. The molecule has 0 spiro atoms. The van der Waals surface area contributed by atoms with Crippen molar-refractivity contribution in [3.63, 3.8) is 0 Å². The zero-order valence-electron chi connectivity index (χ0n) is 10.8. The van der Waals surface area contributed by atoms with Crippen LogP contribution in [0.1, 0.15) is 11.1 Å². The largest absolute Gasteiger partial charge is 0.480 e. The van der Waals surface area contributed by atoms with Crippen LogP contribution in [0.25, 0.3) is 10.9 Å². The van der Waals surface area contributed by atoms with Gasteiger partial charge in [0, 0.05) is 24.7 Å². The number of rotatable bonds is 3. The lowest BCUT2D eigenvalue weighted by Gasteiger charge is -2.11. The molecule has 1 aromatic heterocycles. The van der Waals surface area contributed by atoms with E-state index >= 15 is 0 Å². The molecule has 4 N–H and O–H groups in total. The molecule has 6 heteroatoms. The number of benzene rings is 1. The summed E-state index contributed by atoms with van der Waals surface area (Å²) >= 11 is 0. The second kappa shape index (κ2) is 4.64. The Morgan fingerprint density at radius 3 is 2.90 bits per heavy atom. The van der Waals surface area contributed by atoms with Gasteiger partial charge >= 0.3 is 5.97 Å². The fourth-order valence-corrected chi connectivity index (χ4v) is 2.76. The maximum Gasteiger partial charge on any atom is 0.322 e. The van der Waals surface area contributed by atoms with Gasteiger partial charge in [-0.3, -0.25) is 14.9 Å². The van der Waals surface area contributed by atoms with Gasteiger partial charge in [0.15, 0.2) is 0 Å². The van der Waals surface area contributed by atoms with Gasteiger partial charge < -0.3 is 15.4 Å². The molecular weight excluding hydrogens is 258 g/mol. The highest BCUT2D eigenvalue weighted by Crippen LogP contribution is 2.27. The Bertz CT molecular complexity index is 705. The van der Waals surface area contributed by atoms with Crippen molar-refractivity contribution >= 4 is 22.8 Å². The predicted molar refractivity (Wildman–Crippen MR) is 73.1 cm³/mol. The molecule has 0 aliphatic carbocycles. The quantitative estimate of drug-likeness (QED) is 0.745. The third-order valence-electron chi connectivity index (χ3n) is 3.68. The molecule has 20 heavy (non-hydrogen) atoms. The zero-order chi connectivity index (χ0) is 14.3. The van der Waals surface area contributed by atoms with Gasteiger partial charge in [0.25, 0.3) is 0 Å². The van der Waals surface area contributed by atoms with Crippen LogP contribution >= 0.6 is 0 Å². The minimum atomic E-state index is -0.864. The van der Waals surface area contributed by atoms with Gasteiger partial charge in [0.2, 0.25) is 5.91 Å². The van der Waals surface area contributed by atoms with E-state index in [0.717, 1.165) is 22.0 Å². The number of nitrogens with two attached hydrogens (primary N) is 1. The molecule has 0 fully saturated rings. The van der Waals surface area contributed by atoms with Crippen LogP contribution in [0.5, 0.6) is 0 Å². The van der Waals surface area contributed by atoms with Gasteiger partial charge in [-0.25, -0.2) is 0 Å². The summed E-state index contributed by atoms with van der Waals surface area (Å²) in [5, 5.41) is 13.2. The topological polar surface area (TPSA) is 97.4 Å². The summed E-state index contributed by atoms with van der Waals surface area (Å²) in [7, 11) is 0. The molecule has 1 amide bonds. The highest BCUT2D eigenvalue weighted by molar-refractivity contribution is 5.91. The number of nitrogens with one attached hydrogen (secondary N) is 1. The molecule has 1 aromatic carbocycles. The standard InChI is InChI=1S/C14H15N3O3/c15-12(18)5-8-1-2-9-6-16-11(14(19)20)7-17-4-3-10(8)13(9)17/h1-4,11,16H,5-7H2,(H2,15,18)(H,19,20). The second-order valence-corrected chi connectivity index (χ2v) is 5.03. The molecular formula is C14H15N3O3. The fraction of sp³-hybridized carbons (Fsp3) is 0.286. The Hall–Kier alpha value is -2.34. The normalized spacial score (nSPS) is 17.9. The molecule has 2 heterocycles. The fourth-order valence-electron chi connectivity index (χ4n) is 2.76. The molecule has 0 radical (unpaired) electrons.